The summed E-state index contributed by atoms with van der Waals surface area (Å²) in [6.45, 7) is 1.58. The van der Waals surface area contributed by atoms with E-state index in [2.05, 4.69) is 10.6 Å². The Morgan fingerprint density at radius 3 is 2.94 bits per heavy atom. The van der Waals surface area contributed by atoms with Crippen molar-refractivity contribution < 1.29 is 9.59 Å². The molecule has 2 unspecified atom stereocenters. The van der Waals surface area contributed by atoms with E-state index in [0.717, 1.165) is 30.9 Å². The van der Waals surface area contributed by atoms with Crippen LogP contribution in [0.25, 0.3) is 0 Å². The molecule has 2 heterocycles. The van der Waals surface area contributed by atoms with Crippen LogP contribution in [0, 0.1) is 0 Å². The van der Waals surface area contributed by atoms with Crippen LogP contribution in [-0.2, 0) is 9.59 Å². The van der Waals surface area contributed by atoms with E-state index >= 15 is 0 Å². The third-order valence-corrected chi connectivity index (χ3v) is 4.37. The molecule has 5 nitrogen and oxygen atoms in total. The molecule has 0 radical (unpaired) electrons. The molecule has 0 aromatic heterocycles. The molecule has 2 fully saturated rings. The summed E-state index contributed by atoms with van der Waals surface area (Å²) in [4.78, 5) is 25.7. The van der Waals surface area contributed by atoms with Gasteiger partial charge in [-0.1, -0.05) is 0 Å². The monoisotopic (exact) mass is 257 g/mol. The molecule has 2 atom stereocenters. The Morgan fingerprint density at radius 2 is 2.29 bits per heavy atom. The van der Waals surface area contributed by atoms with Crippen LogP contribution in [0.15, 0.2) is 0 Å². The molecule has 96 valence electrons. The minimum Gasteiger partial charge on any atom is -0.357 e. The van der Waals surface area contributed by atoms with Gasteiger partial charge in [0.25, 0.3) is 0 Å². The van der Waals surface area contributed by atoms with Crippen molar-refractivity contribution in [3.63, 3.8) is 0 Å². The zero-order valence-corrected chi connectivity index (χ0v) is 10.9. The number of carbonyl (C=O) groups is 2. The number of rotatable bonds is 2. The lowest BCUT2D eigenvalue weighted by atomic mass is 10.2. The highest BCUT2D eigenvalue weighted by Gasteiger charge is 2.36. The standard InChI is InChI=1S/C11H19N3O2S/c1-12-10(15)9-3-2-5-14(9)11(16)8-7-17-6-4-13-8/h8-9,13H,2-7H2,1H3,(H,12,15). The van der Waals surface area contributed by atoms with Gasteiger partial charge in [-0.25, -0.2) is 0 Å². The predicted octanol–water partition coefficient (Wildman–Crippen LogP) is -0.572. The van der Waals surface area contributed by atoms with Crippen molar-refractivity contribution >= 4 is 23.6 Å². The van der Waals surface area contributed by atoms with E-state index in [4.69, 9.17) is 0 Å². The Kier molecular flexibility index (Phi) is 4.28. The maximum absolute atomic E-state index is 12.3. The number of likely N-dealkylation sites (N-methyl/N-ethyl adjacent to an activating group) is 1. The first-order chi connectivity index (χ1) is 8.24. The number of hydrogen-bond acceptors (Lipinski definition) is 4. The van der Waals surface area contributed by atoms with Gasteiger partial charge in [0.15, 0.2) is 0 Å². The number of carbonyl (C=O) groups excluding carboxylic acids is 2. The van der Waals surface area contributed by atoms with Crippen molar-refractivity contribution in [3.8, 4) is 0 Å². The largest absolute Gasteiger partial charge is 0.357 e. The lowest BCUT2D eigenvalue weighted by Gasteiger charge is -2.30. The Balaban J connectivity index is 1.99. The van der Waals surface area contributed by atoms with Gasteiger partial charge in [-0.15, -0.1) is 0 Å². The number of thioether (sulfide) groups is 1. The van der Waals surface area contributed by atoms with Crippen LogP contribution < -0.4 is 10.6 Å². The molecule has 0 aromatic carbocycles. The molecule has 0 saturated carbocycles. The van der Waals surface area contributed by atoms with E-state index < -0.39 is 0 Å². The molecular weight excluding hydrogens is 238 g/mol. The second-order valence-corrected chi connectivity index (χ2v) is 5.54. The van der Waals surface area contributed by atoms with E-state index in [9.17, 15) is 9.59 Å². The third-order valence-electron chi connectivity index (χ3n) is 3.30. The van der Waals surface area contributed by atoms with Gasteiger partial charge < -0.3 is 15.5 Å². The molecule has 17 heavy (non-hydrogen) atoms. The smallest absolute Gasteiger partial charge is 0.242 e. The van der Waals surface area contributed by atoms with Crippen molar-refractivity contribution in [2.24, 2.45) is 0 Å². The topological polar surface area (TPSA) is 61.4 Å². The SMILES string of the molecule is CNC(=O)C1CCCN1C(=O)C1CSCCN1. The average Bonchev–Trinajstić information content (AvgIpc) is 2.87. The Morgan fingerprint density at radius 1 is 1.47 bits per heavy atom. The summed E-state index contributed by atoms with van der Waals surface area (Å²) in [5, 5.41) is 5.87. The summed E-state index contributed by atoms with van der Waals surface area (Å²) >= 11 is 1.79. The van der Waals surface area contributed by atoms with Gasteiger partial charge in [0.1, 0.15) is 6.04 Å². The van der Waals surface area contributed by atoms with Crippen LogP contribution in [0.3, 0.4) is 0 Å². The number of nitrogens with one attached hydrogen (secondary N) is 2. The molecule has 0 bridgehead atoms. The zero-order chi connectivity index (χ0) is 12.3. The lowest BCUT2D eigenvalue weighted by molar-refractivity contribution is -0.139. The second kappa shape index (κ2) is 5.73. The Labute approximate surface area is 106 Å². The molecule has 0 aromatic rings. The van der Waals surface area contributed by atoms with Gasteiger partial charge in [0.05, 0.1) is 6.04 Å². The van der Waals surface area contributed by atoms with E-state index in [0.29, 0.717) is 6.54 Å². The van der Waals surface area contributed by atoms with Crippen molar-refractivity contribution in [1.29, 1.82) is 0 Å². The molecule has 0 aliphatic carbocycles. The molecular formula is C11H19N3O2S. The van der Waals surface area contributed by atoms with Crippen molar-refractivity contribution in [1.82, 2.24) is 15.5 Å². The average molecular weight is 257 g/mol. The fourth-order valence-electron chi connectivity index (χ4n) is 2.39. The minimum atomic E-state index is -0.263. The summed E-state index contributed by atoms with van der Waals surface area (Å²) in [5.74, 6) is 1.92. The van der Waals surface area contributed by atoms with Gasteiger partial charge in [-0.05, 0) is 12.8 Å². The minimum absolute atomic E-state index is 0.0423. The second-order valence-electron chi connectivity index (χ2n) is 4.39. The highest BCUT2D eigenvalue weighted by Crippen LogP contribution is 2.20. The van der Waals surface area contributed by atoms with Gasteiger partial charge in [0.2, 0.25) is 11.8 Å². The molecule has 0 spiro atoms. The van der Waals surface area contributed by atoms with Gasteiger partial charge in [-0.2, -0.15) is 11.8 Å². The van der Waals surface area contributed by atoms with Crippen LogP contribution in [0.5, 0.6) is 0 Å². The van der Waals surface area contributed by atoms with Crippen LogP contribution in [0.2, 0.25) is 0 Å². The third kappa shape index (κ3) is 2.74. The van der Waals surface area contributed by atoms with Crippen LogP contribution in [0.4, 0.5) is 0 Å². The maximum atomic E-state index is 12.3. The summed E-state index contributed by atoms with van der Waals surface area (Å²) in [5.41, 5.74) is 0. The predicted molar refractivity (Wildman–Crippen MR) is 67.9 cm³/mol. The molecule has 2 amide bonds. The summed E-state index contributed by atoms with van der Waals surface area (Å²) < 4.78 is 0. The Hall–Kier alpha value is -0.750. The normalized spacial score (nSPS) is 29.1. The molecule has 2 aliphatic rings. The zero-order valence-electron chi connectivity index (χ0n) is 10.1. The fraction of sp³-hybridized carbons (Fsp3) is 0.818. The summed E-state index contributed by atoms with van der Waals surface area (Å²) in [6, 6.07) is -0.375. The number of nitrogens with zero attached hydrogens (tertiary/aromatic N) is 1. The quantitative estimate of drug-likeness (QED) is 0.695. The molecule has 2 rings (SSSR count). The first kappa shape index (κ1) is 12.7. The Bertz CT molecular complexity index is 305. The van der Waals surface area contributed by atoms with Crippen molar-refractivity contribution in [3.05, 3.63) is 0 Å². The fourth-order valence-corrected chi connectivity index (χ4v) is 3.32. The maximum Gasteiger partial charge on any atom is 0.242 e. The van der Waals surface area contributed by atoms with Crippen LogP contribution >= 0.6 is 11.8 Å². The number of likely N-dealkylation sites (tertiary alicyclic amines) is 1. The number of amides is 2. The van der Waals surface area contributed by atoms with E-state index in [-0.39, 0.29) is 23.9 Å². The van der Waals surface area contributed by atoms with Gasteiger partial charge in [-0.3, -0.25) is 9.59 Å². The van der Waals surface area contributed by atoms with E-state index in [1.165, 1.54) is 0 Å². The molecule has 2 saturated heterocycles. The summed E-state index contributed by atoms with van der Waals surface area (Å²) in [6.07, 6.45) is 1.70. The van der Waals surface area contributed by atoms with Crippen molar-refractivity contribution in [2.45, 2.75) is 24.9 Å². The molecule has 2 aliphatic heterocycles. The molecule has 2 N–H and O–H groups in total. The van der Waals surface area contributed by atoms with Crippen LogP contribution in [-0.4, -0.2) is 60.4 Å². The van der Waals surface area contributed by atoms with E-state index in [1.807, 2.05) is 0 Å². The first-order valence-corrected chi connectivity index (χ1v) is 7.22. The highest BCUT2D eigenvalue weighted by atomic mass is 32.2. The molecule has 6 heteroatoms. The van der Waals surface area contributed by atoms with Gasteiger partial charge >= 0.3 is 0 Å². The lowest BCUT2D eigenvalue weighted by Crippen LogP contribution is -2.54. The first-order valence-electron chi connectivity index (χ1n) is 6.07. The summed E-state index contributed by atoms with van der Waals surface area (Å²) in [7, 11) is 1.62. The van der Waals surface area contributed by atoms with Crippen LogP contribution in [0.1, 0.15) is 12.8 Å². The van der Waals surface area contributed by atoms with Gasteiger partial charge in [0, 0.05) is 31.6 Å². The van der Waals surface area contributed by atoms with Crippen molar-refractivity contribution in [2.75, 3.05) is 31.6 Å². The number of hydrogen-bond donors (Lipinski definition) is 2. The van der Waals surface area contributed by atoms with E-state index in [1.54, 1.807) is 23.7 Å². The highest BCUT2D eigenvalue weighted by molar-refractivity contribution is 7.99.